The molecule has 2 rings (SSSR count). The highest BCUT2D eigenvalue weighted by Crippen LogP contribution is 2.15. The minimum atomic E-state index is 0.643. The number of pyridine rings is 1. The third-order valence-corrected chi connectivity index (χ3v) is 4.31. The highest BCUT2D eigenvalue weighted by Gasteiger charge is 2.22. The molecule has 5 heteroatoms. The van der Waals surface area contributed by atoms with Crippen molar-refractivity contribution >= 4 is 5.96 Å². The van der Waals surface area contributed by atoms with E-state index < -0.39 is 0 Å². The fourth-order valence-corrected chi connectivity index (χ4v) is 2.95. The second kappa shape index (κ2) is 8.73. The smallest absolute Gasteiger partial charge is 0.191 e. The zero-order chi connectivity index (χ0) is 15.8. The summed E-state index contributed by atoms with van der Waals surface area (Å²) >= 11 is 0. The van der Waals surface area contributed by atoms with E-state index in [1.165, 1.54) is 24.9 Å². The van der Waals surface area contributed by atoms with Crippen molar-refractivity contribution in [3.63, 3.8) is 0 Å². The molecule has 1 aromatic heterocycles. The number of hydrogen-bond acceptors (Lipinski definition) is 3. The van der Waals surface area contributed by atoms with Crippen molar-refractivity contribution in [2.45, 2.75) is 39.2 Å². The number of nitrogens with one attached hydrogen (secondary N) is 2. The van der Waals surface area contributed by atoms with Crippen molar-refractivity contribution < 1.29 is 0 Å². The van der Waals surface area contributed by atoms with Gasteiger partial charge in [-0.25, -0.2) is 0 Å². The highest BCUT2D eigenvalue weighted by molar-refractivity contribution is 5.79. The Morgan fingerprint density at radius 1 is 1.41 bits per heavy atom. The van der Waals surface area contributed by atoms with Crippen LogP contribution in [0.15, 0.2) is 23.3 Å². The van der Waals surface area contributed by atoms with E-state index in [1.807, 2.05) is 20.2 Å². The first-order valence-electron chi connectivity index (χ1n) is 8.33. The third-order valence-electron chi connectivity index (χ3n) is 4.31. The molecule has 1 fully saturated rings. The minimum absolute atomic E-state index is 0.643. The molecule has 2 N–H and O–H groups in total. The monoisotopic (exact) mass is 303 g/mol. The number of rotatable bonds is 6. The van der Waals surface area contributed by atoms with Gasteiger partial charge in [0.15, 0.2) is 5.96 Å². The molecule has 22 heavy (non-hydrogen) atoms. The molecular weight excluding hydrogens is 274 g/mol. The van der Waals surface area contributed by atoms with E-state index in [0.717, 1.165) is 37.7 Å². The summed E-state index contributed by atoms with van der Waals surface area (Å²) in [4.78, 5) is 11.2. The van der Waals surface area contributed by atoms with Gasteiger partial charge in [-0.3, -0.25) is 14.9 Å². The fraction of sp³-hybridized carbons (Fsp3) is 0.647. The molecule has 1 atom stereocenters. The molecule has 1 aliphatic heterocycles. The average molecular weight is 303 g/mol. The van der Waals surface area contributed by atoms with Crippen LogP contribution in [0.4, 0.5) is 0 Å². The fourth-order valence-electron chi connectivity index (χ4n) is 2.95. The summed E-state index contributed by atoms with van der Waals surface area (Å²) in [5, 5.41) is 6.83. The van der Waals surface area contributed by atoms with Gasteiger partial charge in [-0.05, 0) is 50.9 Å². The van der Waals surface area contributed by atoms with Gasteiger partial charge in [-0.15, -0.1) is 0 Å². The maximum absolute atomic E-state index is 4.32. The molecule has 1 aliphatic rings. The SMILES string of the molecule is CCN1CCCC1CNC(=NC)NCCc1ccc(C)nc1. The van der Waals surface area contributed by atoms with Crippen LogP contribution < -0.4 is 10.6 Å². The summed E-state index contributed by atoms with van der Waals surface area (Å²) in [6, 6.07) is 4.84. The second-order valence-corrected chi connectivity index (χ2v) is 5.86. The van der Waals surface area contributed by atoms with E-state index in [4.69, 9.17) is 0 Å². The molecule has 1 aromatic rings. The van der Waals surface area contributed by atoms with Crippen LogP contribution in [-0.2, 0) is 6.42 Å². The molecule has 5 nitrogen and oxygen atoms in total. The van der Waals surface area contributed by atoms with Crippen LogP contribution in [0.3, 0.4) is 0 Å². The quantitative estimate of drug-likeness (QED) is 0.619. The lowest BCUT2D eigenvalue weighted by atomic mass is 10.2. The van der Waals surface area contributed by atoms with E-state index in [0.29, 0.717) is 6.04 Å². The van der Waals surface area contributed by atoms with Gasteiger partial charge in [0.1, 0.15) is 0 Å². The number of nitrogens with zero attached hydrogens (tertiary/aromatic N) is 3. The van der Waals surface area contributed by atoms with Gasteiger partial charge in [0.25, 0.3) is 0 Å². The van der Waals surface area contributed by atoms with E-state index in [9.17, 15) is 0 Å². The Labute approximate surface area is 134 Å². The average Bonchev–Trinajstić information content (AvgIpc) is 3.00. The van der Waals surface area contributed by atoms with Crippen molar-refractivity contribution in [2.75, 3.05) is 33.2 Å². The number of likely N-dealkylation sites (tertiary alicyclic amines) is 1. The largest absolute Gasteiger partial charge is 0.356 e. The number of aliphatic imine (C=N–C) groups is 1. The lowest BCUT2D eigenvalue weighted by Crippen LogP contribution is -2.45. The second-order valence-electron chi connectivity index (χ2n) is 5.86. The lowest BCUT2D eigenvalue weighted by molar-refractivity contribution is 0.267. The summed E-state index contributed by atoms with van der Waals surface area (Å²) in [6.45, 7) is 8.46. The first-order valence-corrected chi connectivity index (χ1v) is 8.33. The summed E-state index contributed by atoms with van der Waals surface area (Å²) < 4.78 is 0. The van der Waals surface area contributed by atoms with Crippen molar-refractivity contribution in [3.05, 3.63) is 29.6 Å². The number of likely N-dealkylation sites (N-methyl/N-ethyl adjacent to an activating group) is 1. The van der Waals surface area contributed by atoms with Gasteiger partial charge in [0.05, 0.1) is 0 Å². The molecule has 0 aromatic carbocycles. The van der Waals surface area contributed by atoms with Gasteiger partial charge in [-0.2, -0.15) is 0 Å². The van der Waals surface area contributed by atoms with Crippen molar-refractivity contribution in [1.29, 1.82) is 0 Å². The minimum Gasteiger partial charge on any atom is -0.356 e. The van der Waals surface area contributed by atoms with Crippen LogP contribution in [0, 0.1) is 6.92 Å². The first-order chi connectivity index (χ1) is 10.7. The molecule has 0 saturated carbocycles. The first kappa shape index (κ1) is 16.7. The Kier molecular flexibility index (Phi) is 6.65. The van der Waals surface area contributed by atoms with E-state index in [-0.39, 0.29) is 0 Å². The zero-order valence-corrected chi connectivity index (χ0v) is 14.1. The van der Waals surface area contributed by atoms with Crippen LogP contribution in [0.5, 0.6) is 0 Å². The maximum Gasteiger partial charge on any atom is 0.191 e. The predicted molar refractivity (Wildman–Crippen MR) is 92.3 cm³/mol. The van der Waals surface area contributed by atoms with E-state index in [1.54, 1.807) is 0 Å². The van der Waals surface area contributed by atoms with Gasteiger partial charge in [0.2, 0.25) is 0 Å². The molecule has 2 heterocycles. The molecule has 0 aliphatic carbocycles. The number of aromatic nitrogens is 1. The predicted octanol–water partition coefficient (Wildman–Crippen LogP) is 1.58. The summed E-state index contributed by atoms with van der Waals surface area (Å²) in [5.74, 6) is 0.892. The Balaban J connectivity index is 1.70. The Bertz CT molecular complexity index is 468. The molecule has 1 unspecified atom stereocenters. The molecule has 0 radical (unpaired) electrons. The van der Waals surface area contributed by atoms with Crippen LogP contribution >= 0.6 is 0 Å². The lowest BCUT2D eigenvalue weighted by Gasteiger charge is -2.24. The van der Waals surface area contributed by atoms with Crippen molar-refractivity contribution in [2.24, 2.45) is 4.99 Å². The maximum atomic E-state index is 4.32. The number of guanidine groups is 1. The van der Waals surface area contributed by atoms with Crippen molar-refractivity contribution in [1.82, 2.24) is 20.5 Å². The summed E-state index contributed by atoms with van der Waals surface area (Å²) in [6.07, 6.45) is 5.50. The van der Waals surface area contributed by atoms with Gasteiger partial charge < -0.3 is 10.6 Å². The van der Waals surface area contributed by atoms with Crippen LogP contribution in [0.25, 0.3) is 0 Å². The van der Waals surface area contributed by atoms with Crippen molar-refractivity contribution in [3.8, 4) is 0 Å². The topological polar surface area (TPSA) is 52.5 Å². The Morgan fingerprint density at radius 2 is 2.27 bits per heavy atom. The van der Waals surface area contributed by atoms with E-state index in [2.05, 4.69) is 44.6 Å². The van der Waals surface area contributed by atoms with Gasteiger partial charge in [0, 0.05) is 38.1 Å². The molecule has 122 valence electrons. The summed E-state index contributed by atoms with van der Waals surface area (Å²) in [5.41, 5.74) is 2.31. The Hall–Kier alpha value is -1.62. The third kappa shape index (κ3) is 4.98. The number of aryl methyl sites for hydroxylation is 1. The number of hydrogen-bond donors (Lipinski definition) is 2. The molecular formula is C17H29N5. The van der Waals surface area contributed by atoms with Crippen LogP contribution in [-0.4, -0.2) is 55.1 Å². The molecule has 0 amide bonds. The summed E-state index contributed by atoms with van der Waals surface area (Å²) in [7, 11) is 1.83. The van der Waals surface area contributed by atoms with Crippen LogP contribution in [0.1, 0.15) is 31.0 Å². The molecule has 1 saturated heterocycles. The molecule has 0 spiro atoms. The Morgan fingerprint density at radius 3 is 2.95 bits per heavy atom. The van der Waals surface area contributed by atoms with Gasteiger partial charge in [-0.1, -0.05) is 13.0 Å². The highest BCUT2D eigenvalue weighted by atomic mass is 15.2. The van der Waals surface area contributed by atoms with Gasteiger partial charge >= 0.3 is 0 Å². The normalized spacial score (nSPS) is 19.4. The van der Waals surface area contributed by atoms with E-state index >= 15 is 0 Å². The molecule has 0 bridgehead atoms. The zero-order valence-electron chi connectivity index (χ0n) is 14.1. The standard InChI is InChI=1S/C17H29N5/c1-4-22-11-5-6-16(22)13-21-17(18-3)19-10-9-15-8-7-14(2)20-12-15/h7-8,12,16H,4-6,9-11,13H2,1-3H3,(H2,18,19,21). The van der Waals surface area contributed by atoms with Crippen LogP contribution in [0.2, 0.25) is 0 Å².